The fourth-order valence-electron chi connectivity index (χ4n) is 17.9. The Balaban J connectivity index is 1.30. The second kappa shape index (κ2) is 59.7. The van der Waals surface area contributed by atoms with Gasteiger partial charge in [0.2, 0.25) is 17.7 Å². The first-order valence-corrected chi connectivity index (χ1v) is 47.4. The maximum absolute atomic E-state index is 14.4. The van der Waals surface area contributed by atoms with Gasteiger partial charge in [0.15, 0.2) is 25.2 Å². The van der Waals surface area contributed by atoms with Crippen molar-refractivity contribution >= 4 is 35.4 Å². The molecular formula is C89H157N3O39. The third-order valence-corrected chi connectivity index (χ3v) is 25.4. The summed E-state index contributed by atoms with van der Waals surface area (Å²) in [7, 11) is 0. The SMILES string of the molecule is CCCCCCCCCCCCCC=CC(O)C(COC1OC(CO)C(OC2OC(CO)C(OC3OC(CO)C(O)C(OC4OC(CO)C(O)C(O)C4O)C3CC(C)=O)C(OC3(C(=O)O)CC(O)C(NC(C)=O)C(C(O)C(CO)OC4(C(=O)O)CC(O)C(NC(C)=O)C(C(O)C(O)CO)O4)O3)C2O)C(O)C1O)NC(=O)CCCCCCCCCCCCCCCCCCCCC. The standard InChI is InChI=1S/C89H157N3O39/c1-6-8-10-12-14-16-18-20-21-22-23-24-25-27-29-31-33-35-37-39-64(106)92-54(55(102)38-36-34-32-30-28-26-19-17-15-13-11-9-7-2)49-120-83-74(114)72(112)77(62(47-97)123-83)126-85-75(115)81(78(63(48-98)124-85)127-82-53(40-50(3)99)76(69(109)60(45-95)121-82)125-84-73(113)71(111)68(108)59(44-94)122-84)131-89(87(118)119)42-57(104)66(91-52(5)101)80(130-89)70(110)61(46-96)128-88(86(116)117)41-56(103)65(90-51(4)100)79(129-88)67(107)58(105)43-93/h36,38,53-63,65-85,93-98,102-105,107-115H,6-35,37,39-49H2,1-5H3,(H,90,100)(H,91,101)(H,92,106)(H,116,117)(H,118,119). The van der Waals surface area contributed by atoms with E-state index in [1.807, 2.05) is 0 Å². The van der Waals surface area contributed by atoms with Gasteiger partial charge in [0.05, 0.1) is 88.8 Å². The van der Waals surface area contributed by atoms with Gasteiger partial charge in [-0.1, -0.05) is 206 Å². The van der Waals surface area contributed by atoms with E-state index in [9.17, 15) is 136 Å². The Kier molecular flexibility index (Phi) is 52.5. The zero-order valence-electron chi connectivity index (χ0n) is 76.6. The molecule has 6 rings (SSSR count). The first kappa shape index (κ1) is 115. The number of unbranched alkanes of at least 4 members (excludes halogenated alkanes) is 29. The number of ketones is 1. The van der Waals surface area contributed by atoms with Gasteiger partial charge in [-0.3, -0.25) is 14.4 Å². The minimum atomic E-state index is -3.68. The fourth-order valence-corrected chi connectivity index (χ4v) is 17.9. The average molecular weight is 1890 g/mol. The van der Waals surface area contributed by atoms with Gasteiger partial charge in [0, 0.05) is 45.4 Å². The Morgan fingerprint density at radius 3 is 1.32 bits per heavy atom. The van der Waals surface area contributed by atoms with Gasteiger partial charge in [-0.15, -0.1) is 0 Å². The zero-order valence-corrected chi connectivity index (χ0v) is 76.6. The lowest BCUT2D eigenvalue weighted by Crippen LogP contribution is -2.72. The molecule has 6 fully saturated rings. The quantitative estimate of drug-likeness (QED) is 0.0251. The molecule has 0 aromatic carbocycles. The van der Waals surface area contributed by atoms with E-state index in [0.29, 0.717) is 12.8 Å². The van der Waals surface area contributed by atoms with Gasteiger partial charge in [0.25, 0.3) is 11.6 Å². The molecule has 6 heterocycles. The first-order valence-electron chi connectivity index (χ1n) is 47.4. The van der Waals surface area contributed by atoms with Crippen molar-refractivity contribution in [2.45, 2.75) is 461 Å². The van der Waals surface area contributed by atoms with Crippen LogP contribution in [-0.2, 0) is 85.6 Å². The number of aliphatic carboxylic acids is 2. The largest absolute Gasteiger partial charge is 0.477 e. The third kappa shape index (κ3) is 34.8. The Morgan fingerprint density at radius 1 is 0.435 bits per heavy atom. The molecule has 0 saturated carbocycles. The van der Waals surface area contributed by atoms with Gasteiger partial charge >= 0.3 is 11.9 Å². The lowest BCUT2D eigenvalue weighted by molar-refractivity contribution is -0.407. The molecular weight excluding hydrogens is 1730 g/mol. The summed E-state index contributed by atoms with van der Waals surface area (Å²) >= 11 is 0. The summed E-state index contributed by atoms with van der Waals surface area (Å²) in [6.07, 6.45) is -26.7. The normalized spacial score (nSPS) is 34.4. The summed E-state index contributed by atoms with van der Waals surface area (Å²) in [5.74, 6) is -16.5. The number of carboxylic acid groups (broad SMARTS) is 2. The maximum Gasteiger partial charge on any atom is 0.364 e. The summed E-state index contributed by atoms with van der Waals surface area (Å²) in [6.45, 7) is -0.763. The van der Waals surface area contributed by atoms with Gasteiger partial charge < -0.3 is 185 Å². The van der Waals surface area contributed by atoms with Gasteiger partial charge in [-0.25, -0.2) is 9.59 Å². The highest BCUT2D eigenvalue weighted by molar-refractivity contribution is 5.78. The smallest absolute Gasteiger partial charge is 0.364 e. The second-order valence-electron chi connectivity index (χ2n) is 36.0. The van der Waals surface area contributed by atoms with E-state index in [2.05, 4.69) is 29.8 Å². The van der Waals surface area contributed by atoms with Crippen LogP contribution in [0.5, 0.6) is 0 Å². The number of ether oxygens (including phenoxy) is 12. The number of rotatable bonds is 64. The number of hydrogen-bond donors (Lipinski definition) is 24. The van der Waals surface area contributed by atoms with Gasteiger partial charge in [-0.05, 0) is 26.2 Å². The molecule has 6 saturated heterocycles. The number of amides is 3. The molecule has 24 N–H and O–H groups in total. The molecule has 0 bridgehead atoms. The van der Waals surface area contributed by atoms with Crippen molar-refractivity contribution in [1.82, 2.24) is 16.0 Å². The van der Waals surface area contributed by atoms with Crippen LogP contribution in [0.15, 0.2) is 12.2 Å². The summed E-state index contributed by atoms with van der Waals surface area (Å²) < 4.78 is 72.6. The van der Waals surface area contributed by atoms with E-state index in [4.69, 9.17) is 56.8 Å². The first-order chi connectivity index (χ1) is 62.6. The topological polar surface area (TPSA) is 674 Å². The highest BCUT2D eigenvalue weighted by Gasteiger charge is 2.64. The van der Waals surface area contributed by atoms with E-state index in [0.717, 1.165) is 85.0 Å². The molecule has 6 aliphatic heterocycles. The summed E-state index contributed by atoms with van der Waals surface area (Å²) in [5.41, 5.74) is 0. The Morgan fingerprint density at radius 2 is 0.847 bits per heavy atom. The van der Waals surface area contributed by atoms with Crippen LogP contribution < -0.4 is 16.0 Å². The van der Waals surface area contributed by atoms with E-state index in [-0.39, 0.29) is 6.42 Å². The number of carboxylic acids is 2. The lowest BCUT2D eigenvalue weighted by Gasteiger charge is -2.53. The molecule has 0 aromatic rings. The molecule has 0 spiro atoms. The molecule has 762 valence electrons. The molecule has 0 aromatic heterocycles. The predicted octanol–water partition coefficient (Wildman–Crippen LogP) is -1.22. The Labute approximate surface area is 766 Å². The number of hydrogen-bond acceptors (Lipinski definition) is 37. The summed E-state index contributed by atoms with van der Waals surface area (Å²) in [6, 6.07) is -5.10. The van der Waals surface area contributed by atoms with E-state index in [1.54, 1.807) is 6.08 Å². The highest BCUT2D eigenvalue weighted by Crippen LogP contribution is 2.44. The predicted molar refractivity (Wildman–Crippen MR) is 459 cm³/mol. The lowest BCUT2D eigenvalue weighted by atomic mass is 9.86. The number of nitrogens with one attached hydrogen (secondary N) is 3. The fraction of sp³-hybridized carbons (Fsp3) is 0.910. The van der Waals surface area contributed by atoms with Gasteiger partial charge in [-0.2, -0.15) is 0 Å². The molecule has 42 heteroatoms. The van der Waals surface area contributed by atoms with Crippen molar-refractivity contribution in [1.29, 1.82) is 0 Å². The van der Waals surface area contributed by atoms with Crippen LogP contribution in [0.2, 0.25) is 0 Å². The molecule has 34 atom stereocenters. The second-order valence-corrected chi connectivity index (χ2v) is 36.0. The minimum Gasteiger partial charge on any atom is -0.477 e. The number of Topliss-reactive ketones (excluding diaryl/α,β-unsaturated/α-hetero) is 1. The van der Waals surface area contributed by atoms with Crippen molar-refractivity contribution in [3.05, 3.63) is 12.2 Å². The number of aliphatic hydroxyl groups is 19. The maximum atomic E-state index is 14.4. The van der Waals surface area contributed by atoms with Crippen molar-refractivity contribution in [2.24, 2.45) is 5.92 Å². The molecule has 131 heavy (non-hydrogen) atoms. The number of allylic oxidation sites excluding steroid dienone is 1. The summed E-state index contributed by atoms with van der Waals surface area (Å²) in [5, 5.41) is 246. The van der Waals surface area contributed by atoms with Crippen LogP contribution in [0.4, 0.5) is 0 Å². The number of carbonyl (C=O) groups excluding carboxylic acids is 4. The van der Waals surface area contributed by atoms with Crippen LogP contribution in [0.1, 0.15) is 259 Å². The van der Waals surface area contributed by atoms with Crippen molar-refractivity contribution < 1.29 is 193 Å². The van der Waals surface area contributed by atoms with E-state index in [1.165, 1.54) is 128 Å². The Bertz CT molecular complexity index is 3270. The van der Waals surface area contributed by atoms with Crippen molar-refractivity contribution in [3.8, 4) is 0 Å². The van der Waals surface area contributed by atoms with Gasteiger partial charge in [0.1, 0.15) is 128 Å². The van der Waals surface area contributed by atoms with Crippen molar-refractivity contribution in [3.63, 3.8) is 0 Å². The highest BCUT2D eigenvalue weighted by atomic mass is 16.8. The molecule has 6 aliphatic rings. The van der Waals surface area contributed by atoms with E-state index < -0.39 is 308 Å². The monoisotopic (exact) mass is 1890 g/mol. The Hall–Kier alpha value is -4.48. The summed E-state index contributed by atoms with van der Waals surface area (Å²) in [4.78, 5) is 80.6. The molecule has 0 aliphatic carbocycles. The molecule has 34 unspecified atom stereocenters. The van der Waals surface area contributed by atoms with Crippen LogP contribution in [0.3, 0.4) is 0 Å². The van der Waals surface area contributed by atoms with Crippen molar-refractivity contribution in [2.75, 3.05) is 46.2 Å². The number of aliphatic hydroxyl groups excluding tert-OH is 19. The van der Waals surface area contributed by atoms with Crippen LogP contribution in [0, 0.1) is 5.92 Å². The van der Waals surface area contributed by atoms with E-state index >= 15 is 0 Å². The van der Waals surface area contributed by atoms with Crippen LogP contribution in [-0.4, -0.2) is 390 Å². The average Bonchev–Trinajstić information content (AvgIpc) is 0.738. The van der Waals surface area contributed by atoms with Crippen LogP contribution >= 0.6 is 0 Å². The molecule has 0 radical (unpaired) electrons. The molecule has 42 nitrogen and oxygen atoms in total. The number of carbonyl (C=O) groups is 6. The zero-order chi connectivity index (χ0) is 96.7. The van der Waals surface area contributed by atoms with Crippen LogP contribution in [0.25, 0.3) is 0 Å². The minimum absolute atomic E-state index is 0.0890. The molecule has 3 amide bonds. The third-order valence-electron chi connectivity index (χ3n) is 25.4.